The highest BCUT2D eigenvalue weighted by atomic mass is 35.5. The molecular weight excluding hydrogens is 330 g/mol. The average Bonchev–Trinajstić information content (AvgIpc) is 2.53. The van der Waals surface area contributed by atoms with Gasteiger partial charge in [0.05, 0.1) is 18.1 Å². The molecule has 6 nitrogen and oxygen atoms in total. The molecule has 0 radical (unpaired) electrons. The van der Waals surface area contributed by atoms with Crippen LogP contribution in [-0.4, -0.2) is 29.9 Å². The largest absolute Gasteiger partial charge is 0.482 e. The average molecular weight is 348 g/mol. The molecule has 1 saturated heterocycles. The first-order valence-electron chi connectivity index (χ1n) is 7.28. The van der Waals surface area contributed by atoms with Gasteiger partial charge in [-0.2, -0.15) is 0 Å². The number of rotatable bonds is 5. The predicted octanol–water partition coefficient (Wildman–Crippen LogP) is 2.31. The van der Waals surface area contributed by atoms with Crippen LogP contribution in [0.1, 0.15) is 13.3 Å². The minimum Gasteiger partial charge on any atom is -0.482 e. The first-order valence-corrected chi connectivity index (χ1v) is 7.66. The molecule has 1 aliphatic rings. The Balaban J connectivity index is 2.25. The van der Waals surface area contributed by atoms with E-state index >= 15 is 0 Å². The molecular formula is C17H18ClN3O3. The van der Waals surface area contributed by atoms with Crippen LogP contribution in [0.15, 0.2) is 53.4 Å². The van der Waals surface area contributed by atoms with Crippen molar-refractivity contribution >= 4 is 29.1 Å². The van der Waals surface area contributed by atoms with Crippen molar-refractivity contribution in [1.82, 2.24) is 4.98 Å². The van der Waals surface area contributed by atoms with Crippen LogP contribution in [0.3, 0.4) is 0 Å². The molecule has 0 atom stereocenters. The Hall–Kier alpha value is -2.60. The van der Waals surface area contributed by atoms with Gasteiger partial charge in [-0.25, -0.2) is 0 Å². The van der Waals surface area contributed by atoms with Crippen molar-refractivity contribution in [3.8, 4) is 5.75 Å². The molecule has 0 unspecified atom stereocenters. The summed E-state index contributed by atoms with van der Waals surface area (Å²) in [4.78, 5) is 29.1. The van der Waals surface area contributed by atoms with Gasteiger partial charge >= 0.3 is 0 Å². The predicted molar refractivity (Wildman–Crippen MR) is 92.7 cm³/mol. The van der Waals surface area contributed by atoms with Crippen molar-refractivity contribution < 1.29 is 14.3 Å². The molecule has 1 aromatic heterocycles. The molecule has 0 saturated carbocycles. The van der Waals surface area contributed by atoms with Crippen LogP contribution in [0.4, 0.5) is 5.69 Å². The zero-order valence-electron chi connectivity index (χ0n) is 13.3. The lowest BCUT2D eigenvalue weighted by atomic mass is 9.97. The molecule has 0 bridgehead atoms. The number of pyridine rings is 1. The van der Waals surface area contributed by atoms with Gasteiger partial charge in [-0.05, 0) is 31.1 Å². The van der Waals surface area contributed by atoms with Gasteiger partial charge in [0.2, 0.25) is 0 Å². The third kappa shape index (κ3) is 4.45. The van der Waals surface area contributed by atoms with Crippen molar-refractivity contribution in [3.63, 3.8) is 0 Å². The fourth-order valence-electron chi connectivity index (χ4n) is 2.20. The van der Waals surface area contributed by atoms with Crippen LogP contribution in [0.25, 0.3) is 0 Å². The van der Waals surface area contributed by atoms with Crippen molar-refractivity contribution in [2.75, 3.05) is 18.1 Å². The van der Waals surface area contributed by atoms with E-state index in [4.69, 9.17) is 22.1 Å². The van der Waals surface area contributed by atoms with E-state index < -0.39 is 5.91 Å². The van der Waals surface area contributed by atoms with E-state index in [-0.39, 0.29) is 12.5 Å². The van der Waals surface area contributed by atoms with E-state index in [1.807, 2.05) is 0 Å². The van der Waals surface area contributed by atoms with E-state index in [2.05, 4.69) is 11.6 Å². The second kappa shape index (κ2) is 7.79. The number of primary amides is 1. The van der Waals surface area contributed by atoms with E-state index in [0.29, 0.717) is 35.0 Å². The Kier molecular flexibility index (Phi) is 5.76. The molecule has 0 aliphatic carbocycles. The molecule has 24 heavy (non-hydrogen) atoms. The summed E-state index contributed by atoms with van der Waals surface area (Å²) < 4.78 is 5.23. The fourth-order valence-corrected chi connectivity index (χ4v) is 2.26. The van der Waals surface area contributed by atoms with Crippen molar-refractivity contribution in [3.05, 3.63) is 53.4 Å². The number of halogens is 1. The topological polar surface area (TPSA) is 85.5 Å². The Morgan fingerprint density at radius 2 is 2.29 bits per heavy atom. The Labute approximate surface area is 145 Å². The summed E-state index contributed by atoms with van der Waals surface area (Å²) in [5, 5.41) is 0.573. The van der Waals surface area contributed by atoms with Gasteiger partial charge < -0.3 is 15.4 Å². The van der Waals surface area contributed by atoms with Crippen LogP contribution in [0, 0.1) is 0 Å². The van der Waals surface area contributed by atoms with E-state index in [0.717, 1.165) is 5.57 Å². The summed E-state index contributed by atoms with van der Waals surface area (Å²) in [5.41, 5.74) is 6.90. The molecule has 2 heterocycles. The maximum absolute atomic E-state index is 12.7. The summed E-state index contributed by atoms with van der Waals surface area (Å²) in [6.45, 7) is 5.91. The molecule has 2 amide bonds. The number of hydrogen-bond donors (Lipinski definition) is 1. The van der Waals surface area contributed by atoms with Gasteiger partial charge in [-0.15, -0.1) is 0 Å². The smallest absolute Gasteiger partial charge is 0.258 e. The van der Waals surface area contributed by atoms with Crippen molar-refractivity contribution in [1.29, 1.82) is 0 Å². The minimum atomic E-state index is -0.584. The van der Waals surface area contributed by atoms with Crippen molar-refractivity contribution in [2.45, 2.75) is 13.3 Å². The summed E-state index contributed by atoms with van der Waals surface area (Å²) in [7, 11) is 0. The van der Waals surface area contributed by atoms with Gasteiger partial charge in [0, 0.05) is 23.2 Å². The van der Waals surface area contributed by atoms with Gasteiger partial charge in [0.15, 0.2) is 6.61 Å². The van der Waals surface area contributed by atoms with Crippen molar-refractivity contribution in [2.24, 2.45) is 5.73 Å². The lowest BCUT2D eigenvalue weighted by Crippen LogP contribution is -2.37. The lowest BCUT2D eigenvalue weighted by Gasteiger charge is -2.29. The second-order valence-corrected chi connectivity index (χ2v) is 5.87. The third-order valence-corrected chi connectivity index (χ3v) is 3.49. The zero-order valence-corrected chi connectivity index (χ0v) is 14.0. The van der Waals surface area contributed by atoms with Gasteiger partial charge in [-0.1, -0.05) is 18.2 Å². The van der Waals surface area contributed by atoms with E-state index in [9.17, 15) is 9.59 Å². The highest BCUT2D eigenvalue weighted by Crippen LogP contribution is 2.28. The Bertz CT molecular complexity index is 736. The van der Waals surface area contributed by atoms with Crippen LogP contribution < -0.4 is 15.4 Å². The highest BCUT2D eigenvalue weighted by molar-refractivity contribution is 6.29. The first kappa shape index (κ1) is 17.7. The monoisotopic (exact) mass is 347 g/mol. The number of ether oxygens (including phenoxy) is 1. The number of carbonyl (C=O) groups is 2. The number of carbonyl (C=O) groups excluding carboxylic acids is 2. The number of amides is 2. The SMILES string of the molecule is C=C1CCN(c2cncc(OCC(N)=O)c2)C(=O)/C1=C/C=C(\C)Cl. The quantitative estimate of drug-likeness (QED) is 0.828. The van der Waals surface area contributed by atoms with E-state index in [1.54, 1.807) is 36.2 Å². The van der Waals surface area contributed by atoms with Gasteiger partial charge in [0.1, 0.15) is 5.75 Å². The minimum absolute atomic E-state index is 0.186. The molecule has 2 N–H and O–H groups in total. The molecule has 7 heteroatoms. The standard InChI is InChI=1S/C17H18ClN3O3/c1-11-5-6-21(17(23)15(11)4-3-12(2)18)13-7-14(9-20-8-13)24-10-16(19)22/h3-4,7-9H,1,5-6,10H2,2H3,(H2,19,22)/b12-3+,15-4+. The van der Waals surface area contributed by atoms with Crippen LogP contribution in [0.2, 0.25) is 0 Å². The molecule has 126 valence electrons. The highest BCUT2D eigenvalue weighted by Gasteiger charge is 2.27. The lowest BCUT2D eigenvalue weighted by molar-refractivity contribution is -0.120. The number of aromatic nitrogens is 1. The summed E-state index contributed by atoms with van der Waals surface area (Å²) in [6, 6.07) is 1.64. The van der Waals surface area contributed by atoms with Gasteiger partial charge in [0.25, 0.3) is 11.8 Å². The Morgan fingerprint density at radius 1 is 1.54 bits per heavy atom. The molecule has 1 fully saturated rings. The molecule has 1 aromatic rings. The van der Waals surface area contributed by atoms with Gasteiger partial charge in [-0.3, -0.25) is 14.6 Å². The second-order valence-electron chi connectivity index (χ2n) is 5.28. The number of nitrogens with zero attached hydrogens (tertiary/aromatic N) is 2. The maximum atomic E-state index is 12.7. The van der Waals surface area contributed by atoms with Crippen LogP contribution in [-0.2, 0) is 9.59 Å². The summed E-state index contributed by atoms with van der Waals surface area (Å²) >= 11 is 5.82. The Morgan fingerprint density at radius 3 is 2.96 bits per heavy atom. The van der Waals surface area contributed by atoms with E-state index in [1.165, 1.54) is 6.20 Å². The number of allylic oxidation sites excluding steroid dienone is 3. The first-order chi connectivity index (χ1) is 11.4. The zero-order chi connectivity index (χ0) is 17.7. The number of nitrogens with two attached hydrogens (primary N) is 1. The van der Waals surface area contributed by atoms with Crippen LogP contribution in [0.5, 0.6) is 5.75 Å². The normalized spacial score (nSPS) is 17.3. The fraction of sp³-hybridized carbons (Fsp3) is 0.235. The molecule has 2 rings (SSSR count). The number of hydrogen-bond acceptors (Lipinski definition) is 4. The molecule has 1 aliphatic heterocycles. The third-order valence-electron chi connectivity index (χ3n) is 3.36. The number of piperidine rings is 1. The molecule has 0 spiro atoms. The summed E-state index contributed by atoms with van der Waals surface area (Å²) in [6.07, 6.45) is 6.98. The van der Waals surface area contributed by atoms with Crippen LogP contribution >= 0.6 is 11.6 Å². The molecule has 0 aromatic carbocycles. The number of anilines is 1. The maximum Gasteiger partial charge on any atom is 0.258 e. The summed E-state index contributed by atoms with van der Waals surface area (Å²) in [5.74, 6) is -0.404.